The standard InChI is InChI=1S/C14H15N3O4/c1-8-9(6-15)2-4-11(17-8)13(18)16-7-10-3-5-12(21-10)14(19)20/h2,4,10,12H,3,5,7H2,1H3,(H,16,18)(H,19,20). The molecule has 0 spiro atoms. The zero-order chi connectivity index (χ0) is 15.4. The number of nitrogens with one attached hydrogen (secondary N) is 1. The first kappa shape index (κ1) is 14.9. The van der Waals surface area contributed by atoms with Crippen LogP contribution in [0.1, 0.15) is 34.6 Å². The second kappa shape index (κ2) is 6.33. The highest BCUT2D eigenvalue weighted by Gasteiger charge is 2.30. The number of hydrogen-bond acceptors (Lipinski definition) is 5. The minimum atomic E-state index is -0.979. The Morgan fingerprint density at radius 3 is 2.86 bits per heavy atom. The van der Waals surface area contributed by atoms with Gasteiger partial charge >= 0.3 is 5.97 Å². The van der Waals surface area contributed by atoms with Gasteiger partial charge in [-0.1, -0.05) is 0 Å². The van der Waals surface area contributed by atoms with Gasteiger partial charge in [-0.3, -0.25) is 4.79 Å². The maximum absolute atomic E-state index is 11.9. The molecule has 7 nitrogen and oxygen atoms in total. The van der Waals surface area contributed by atoms with Gasteiger partial charge in [0.1, 0.15) is 11.8 Å². The van der Waals surface area contributed by atoms with Crippen molar-refractivity contribution >= 4 is 11.9 Å². The van der Waals surface area contributed by atoms with Gasteiger partial charge in [0.15, 0.2) is 6.10 Å². The van der Waals surface area contributed by atoms with Crippen molar-refractivity contribution in [3.8, 4) is 6.07 Å². The van der Waals surface area contributed by atoms with Gasteiger partial charge in [-0.25, -0.2) is 9.78 Å². The van der Waals surface area contributed by atoms with Gasteiger partial charge in [-0.05, 0) is 31.9 Å². The molecule has 1 aliphatic rings. The van der Waals surface area contributed by atoms with Crippen LogP contribution in [0, 0.1) is 18.3 Å². The molecule has 2 heterocycles. The Kier molecular flexibility index (Phi) is 4.50. The van der Waals surface area contributed by atoms with Gasteiger partial charge < -0.3 is 15.2 Å². The first-order chi connectivity index (χ1) is 10.0. The molecule has 2 rings (SSSR count). The lowest BCUT2D eigenvalue weighted by Crippen LogP contribution is -2.33. The highest BCUT2D eigenvalue weighted by atomic mass is 16.5. The lowest BCUT2D eigenvalue weighted by molar-refractivity contribution is -0.149. The number of pyridine rings is 1. The Labute approximate surface area is 121 Å². The van der Waals surface area contributed by atoms with Crippen molar-refractivity contribution in [2.75, 3.05) is 6.54 Å². The molecule has 0 saturated carbocycles. The van der Waals surface area contributed by atoms with E-state index in [1.807, 2.05) is 6.07 Å². The Hall–Kier alpha value is -2.46. The van der Waals surface area contributed by atoms with E-state index in [4.69, 9.17) is 15.1 Å². The fraction of sp³-hybridized carbons (Fsp3) is 0.429. The van der Waals surface area contributed by atoms with Crippen molar-refractivity contribution in [3.05, 3.63) is 29.1 Å². The first-order valence-corrected chi connectivity index (χ1v) is 6.55. The average Bonchev–Trinajstić information content (AvgIpc) is 2.93. The molecular formula is C14H15N3O4. The van der Waals surface area contributed by atoms with Crippen molar-refractivity contribution in [1.29, 1.82) is 5.26 Å². The van der Waals surface area contributed by atoms with Gasteiger partial charge in [0.2, 0.25) is 0 Å². The Morgan fingerprint density at radius 1 is 1.52 bits per heavy atom. The molecule has 21 heavy (non-hydrogen) atoms. The molecule has 1 aromatic heterocycles. The average molecular weight is 289 g/mol. The summed E-state index contributed by atoms with van der Waals surface area (Å²) in [5.74, 6) is -1.35. The summed E-state index contributed by atoms with van der Waals surface area (Å²) in [6.07, 6.45) is -0.0436. The second-order valence-corrected chi connectivity index (χ2v) is 4.81. The fourth-order valence-corrected chi connectivity index (χ4v) is 2.14. The predicted octanol–water partition coefficient (Wildman–Crippen LogP) is 0.624. The summed E-state index contributed by atoms with van der Waals surface area (Å²) in [7, 11) is 0. The van der Waals surface area contributed by atoms with Gasteiger partial charge in [0, 0.05) is 6.54 Å². The number of carboxylic acids is 1. The molecule has 0 radical (unpaired) electrons. The number of nitriles is 1. The SMILES string of the molecule is Cc1nc(C(=O)NCC2CCC(C(=O)O)O2)ccc1C#N. The van der Waals surface area contributed by atoms with Crippen molar-refractivity contribution in [2.24, 2.45) is 0 Å². The van der Waals surface area contributed by atoms with E-state index in [9.17, 15) is 9.59 Å². The van der Waals surface area contributed by atoms with Crippen LogP contribution in [0.3, 0.4) is 0 Å². The van der Waals surface area contributed by atoms with Gasteiger partial charge in [0.05, 0.1) is 17.4 Å². The molecular weight excluding hydrogens is 274 g/mol. The van der Waals surface area contributed by atoms with Crippen LogP contribution in [-0.2, 0) is 9.53 Å². The zero-order valence-electron chi connectivity index (χ0n) is 11.5. The van der Waals surface area contributed by atoms with Crippen molar-refractivity contribution < 1.29 is 19.4 Å². The maximum Gasteiger partial charge on any atom is 0.332 e. The van der Waals surface area contributed by atoms with Crippen molar-refractivity contribution in [3.63, 3.8) is 0 Å². The van der Waals surface area contributed by atoms with Gasteiger partial charge in [0.25, 0.3) is 5.91 Å². The van der Waals surface area contributed by atoms with Crippen molar-refractivity contribution in [2.45, 2.75) is 32.0 Å². The molecule has 1 aromatic rings. The minimum absolute atomic E-state index is 0.222. The molecule has 2 N–H and O–H groups in total. The van der Waals surface area contributed by atoms with Crippen LogP contribution < -0.4 is 5.32 Å². The topological polar surface area (TPSA) is 112 Å². The monoisotopic (exact) mass is 289 g/mol. The van der Waals surface area contributed by atoms with E-state index in [0.717, 1.165) is 0 Å². The highest BCUT2D eigenvalue weighted by Crippen LogP contribution is 2.19. The van der Waals surface area contributed by atoms with E-state index in [2.05, 4.69) is 10.3 Å². The number of rotatable bonds is 4. The number of amides is 1. The van der Waals surface area contributed by atoms with Crippen LogP contribution in [0.25, 0.3) is 0 Å². The summed E-state index contributed by atoms with van der Waals surface area (Å²) < 4.78 is 5.29. The summed E-state index contributed by atoms with van der Waals surface area (Å²) in [5, 5.41) is 20.3. The fourth-order valence-electron chi connectivity index (χ4n) is 2.14. The molecule has 0 aliphatic carbocycles. The number of aromatic nitrogens is 1. The summed E-state index contributed by atoms with van der Waals surface area (Å²) in [6, 6.07) is 5.01. The molecule has 0 bridgehead atoms. The summed E-state index contributed by atoms with van der Waals surface area (Å²) in [6.45, 7) is 1.90. The number of carbonyl (C=O) groups is 2. The molecule has 0 aromatic carbocycles. The van der Waals surface area contributed by atoms with Gasteiger partial charge in [-0.2, -0.15) is 5.26 Å². The maximum atomic E-state index is 11.9. The first-order valence-electron chi connectivity index (χ1n) is 6.55. The summed E-state index contributed by atoms with van der Waals surface area (Å²) in [4.78, 5) is 26.8. The molecule has 1 amide bonds. The number of carboxylic acid groups (broad SMARTS) is 1. The molecule has 1 fully saturated rings. The van der Waals surface area contributed by atoms with Crippen LogP contribution >= 0.6 is 0 Å². The Morgan fingerprint density at radius 2 is 2.29 bits per heavy atom. The molecule has 1 aliphatic heterocycles. The van der Waals surface area contributed by atoms with Crippen LogP contribution in [-0.4, -0.2) is 40.7 Å². The largest absolute Gasteiger partial charge is 0.479 e. The molecule has 2 unspecified atom stereocenters. The zero-order valence-corrected chi connectivity index (χ0v) is 11.5. The normalized spacial score (nSPS) is 20.8. The molecule has 2 atom stereocenters. The lowest BCUT2D eigenvalue weighted by Gasteiger charge is -2.12. The van der Waals surface area contributed by atoms with Crippen LogP contribution in [0.4, 0.5) is 0 Å². The minimum Gasteiger partial charge on any atom is -0.479 e. The number of ether oxygens (including phenoxy) is 1. The summed E-state index contributed by atoms with van der Waals surface area (Å²) in [5.41, 5.74) is 1.14. The van der Waals surface area contributed by atoms with Gasteiger partial charge in [-0.15, -0.1) is 0 Å². The lowest BCUT2D eigenvalue weighted by atomic mass is 10.2. The Bertz CT molecular complexity index is 609. The van der Waals surface area contributed by atoms with E-state index in [1.54, 1.807) is 13.0 Å². The van der Waals surface area contributed by atoms with E-state index < -0.39 is 12.1 Å². The van der Waals surface area contributed by atoms with E-state index in [0.29, 0.717) is 24.1 Å². The van der Waals surface area contributed by atoms with Crippen LogP contribution in [0.2, 0.25) is 0 Å². The smallest absolute Gasteiger partial charge is 0.332 e. The third-order valence-corrected chi connectivity index (χ3v) is 3.31. The predicted molar refractivity (Wildman–Crippen MR) is 71.6 cm³/mol. The number of aliphatic carboxylic acids is 1. The van der Waals surface area contributed by atoms with E-state index in [1.165, 1.54) is 6.07 Å². The third-order valence-electron chi connectivity index (χ3n) is 3.31. The number of carbonyl (C=O) groups excluding carboxylic acids is 1. The molecule has 7 heteroatoms. The number of hydrogen-bond donors (Lipinski definition) is 2. The number of nitrogens with zero attached hydrogens (tertiary/aromatic N) is 2. The highest BCUT2D eigenvalue weighted by molar-refractivity contribution is 5.92. The van der Waals surface area contributed by atoms with E-state index in [-0.39, 0.29) is 24.2 Å². The summed E-state index contributed by atoms with van der Waals surface area (Å²) >= 11 is 0. The third kappa shape index (κ3) is 3.55. The number of aryl methyl sites for hydroxylation is 1. The Balaban J connectivity index is 1.90. The van der Waals surface area contributed by atoms with E-state index >= 15 is 0 Å². The van der Waals surface area contributed by atoms with Crippen LogP contribution in [0.5, 0.6) is 0 Å². The molecule has 110 valence electrons. The second-order valence-electron chi connectivity index (χ2n) is 4.81. The quantitative estimate of drug-likeness (QED) is 0.840. The van der Waals surface area contributed by atoms with Crippen molar-refractivity contribution in [1.82, 2.24) is 10.3 Å². The van der Waals surface area contributed by atoms with Crippen LogP contribution in [0.15, 0.2) is 12.1 Å². The molecule has 1 saturated heterocycles.